The molecule has 1 aliphatic heterocycles. The first-order chi connectivity index (χ1) is 10.1. The van der Waals surface area contributed by atoms with Gasteiger partial charge < -0.3 is 10.1 Å². The number of non-ortho nitro benzene ring substituents is 1. The Kier molecular flexibility index (Phi) is 5.78. The molecule has 0 unspecified atom stereocenters. The number of hydrogen-bond acceptors (Lipinski definition) is 5. The van der Waals surface area contributed by atoms with Crippen molar-refractivity contribution in [2.75, 3.05) is 44.7 Å². The highest BCUT2D eigenvalue weighted by Gasteiger charge is 2.14. The van der Waals surface area contributed by atoms with Crippen LogP contribution in [0.1, 0.15) is 12.0 Å². The van der Waals surface area contributed by atoms with Crippen LogP contribution >= 0.6 is 11.6 Å². The molecular weight excluding hydrogens is 294 g/mol. The third kappa shape index (κ3) is 4.56. The van der Waals surface area contributed by atoms with Gasteiger partial charge in [0.15, 0.2) is 0 Å². The van der Waals surface area contributed by atoms with Gasteiger partial charge in [-0.25, -0.2) is 0 Å². The van der Waals surface area contributed by atoms with Crippen molar-refractivity contribution in [3.05, 3.63) is 32.8 Å². The average Bonchev–Trinajstić information content (AvgIpc) is 2.70. The molecule has 0 spiro atoms. The van der Waals surface area contributed by atoms with Crippen molar-refractivity contribution < 1.29 is 9.66 Å². The smallest absolute Gasteiger partial charge is 0.271 e. The summed E-state index contributed by atoms with van der Waals surface area (Å²) in [6.07, 6.45) is 1.05. The second-order valence-electron chi connectivity index (χ2n) is 5.11. The van der Waals surface area contributed by atoms with E-state index in [9.17, 15) is 10.1 Å². The molecule has 2 rings (SSSR count). The second-order valence-corrected chi connectivity index (χ2v) is 5.52. The minimum atomic E-state index is -0.431. The number of nitrogens with zero attached hydrogens (tertiary/aromatic N) is 2. The van der Waals surface area contributed by atoms with E-state index in [0.717, 1.165) is 57.1 Å². The summed E-state index contributed by atoms with van der Waals surface area (Å²) in [4.78, 5) is 12.7. The minimum Gasteiger partial charge on any atom is -0.382 e. The Balaban J connectivity index is 1.92. The molecule has 0 atom stereocenters. The van der Waals surface area contributed by atoms with E-state index < -0.39 is 4.92 Å². The first-order valence-electron chi connectivity index (χ1n) is 7.06. The number of ether oxygens (including phenoxy) is 1. The molecule has 116 valence electrons. The maximum atomic E-state index is 10.8. The summed E-state index contributed by atoms with van der Waals surface area (Å²) in [5.41, 5.74) is 1.58. The summed E-state index contributed by atoms with van der Waals surface area (Å²) in [5.74, 6) is 0. The number of anilines is 1. The predicted molar refractivity (Wildman–Crippen MR) is 83.2 cm³/mol. The zero-order valence-electron chi connectivity index (χ0n) is 12.1. The topological polar surface area (TPSA) is 67.6 Å². The summed E-state index contributed by atoms with van der Waals surface area (Å²) in [6.45, 7) is 7.05. The number of nitro benzene ring substituents is 1. The van der Waals surface area contributed by atoms with Crippen LogP contribution in [0.15, 0.2) is 12.1 Å². The quantitative estimate of drug-likeness (QED) is 0.668. The fraction of sp³-hybridized carbons (Fsp3) is 0.571. The van der Waals surface area contributed by atoms with E-state index in [2.05, 4.69) is 10.2 Å². The lowest BCUT2D eigenvalue weighted by Gasteiger charge is -2.20. The summed E-state index contributed by atoms with van der Waals surface area (Å²) >= 11 is 6.13. The van der Waals surface area contributed by atoms with Gasteiger partial charge in [-0.3, -0.25) is 15.0 Å². The van der Waals surface area contributed by atoms with Crippen LogP contribution in [0.25, 0.3) is 0 Å². The van der Waals surface area contributed by atoms with Gasteiger partial charge in [0, 0.05) is 44.9 Å². The summed E-state index contributed by atoms with van der Waals surface area (Å²) in [6, 6.07) is 2.92. The number of nitrogens with one attached hydrogen (secondary N) is 1. The second kappa shape index (κ2) is 7.59. The van der Waals surface area contributed by atoms with Crippen LogP contribution in [0.4, 0.5) is 11.4 Å². The van der Waals surface area contributed by atoms with Crippen LogP contribution in [0, 0.1) is 17.0 Å². The summed E-state index contributed by atoms with van der Waals surface area (Å²) in [7, 11) is 0. The molecule has 1 N–H and O–H groups in total. The monoisotopic (exact) mass is 313 g/mol. The maximum absolute atomic E-state index is 10.8. The third-order valence-corrected chi connectivity index (χ3v) is 3.83. The van der Waals surface area contributed by atoms with E-state index in [1.165, 1.54) is 12.1 Å². The van der Waals surface area contributed by atoms with Gasteiger partial charge in [0.05, 0.1) is 22.2 Å². The van der Waals surface area contributed by atoms with Crippen LogP contribution in [0.2, 0.25) is 5.02 Å². The fourth-order valence-electron chi connectivity index (χ4n) is 2.42. The molecule has 1 aromatic carbocycles. The highest BCUT2D eigenvalue weighted by atomic mass is 35.5. The lowest BCUT2D eigenvalue weighted by Crippen LogP contribution is -2.31. The van der Waals surface area contributed by atoms with Gasteiger partial charge in [0.1, 0.15) is 0 Å². The molecule has 0 bridgehead atoms. The number of aryl methyl sites for hydroxylation is 1. The van der Waals surface area contributed by atoms with Crippen molar-refractivity contribution in [3.63, 3.8) is 0 Å². The average molecular weight is 314 g/mol. The molecule has 21 heavy (non-hydrogen) atoms. The Labute approximate surface area is 129 Å². The number of benzene rings is 1. The van der Waals surface area contributed by atoms with Crippen molar-refractivity contribution in [3.8, 4) is 0 Å². The molecule has 0 aliphatic carbocycles. The SMILES string of the molecule is Cc1cc([N+](=O)[O-])cc(Cl)c1NCCN1CCCOCC1. The van der Waals surface area contributed by atoms with E-state index in [-0.39, 0.29) is 5.69 Å². The van der Waals surface area contributed by atoms with Crippen LogP contribution in [0.3, 0.4) is 0 Å². The zero-order valence-corrected chi connectivity index (χ0v) is 12.9. The molecule has 0 amide bonds. The normalized spacial score (nSPS) is 16.5. The number of halogens is 1. The van der Waals surface area contributed by atoms with Crippen molar-refractivity contribution in [1.82, 2.24) is 4.90 Å². The Morgan fingerprint density at radius 3 is 2.95 bits per heavy atom. The van der Waals surface area contributed by atoms with Gasteiger partial charge in [-0.1, -0.05) is 11.6 Å². The molecule has 0 saturated carbocycles. The molecule has 7 heteroatoms. The number of rotatable bonds is 5. The van der Waals surface area contributed by atoms with Crippen molar-refractivity contribution in [2.45, 2.75) is 13.3 Å². The fourth-order valence-corrected chi connectivity index (χ4v) is 2.74. The molecule has 1 saturated heterocycles. The van der Waals surface area contributed by atoms with Crippen LogP contribution in [0.5, 0.6) is 0 Å². The van der Waals surface area contributed by atoms with Gasteiger partial charge in [-0.05, 0) is 18.9 Å². The molecule has 6 nitrogen and oxygen atoms in total. The van der Waals surface area contributed by atoms with Crippen molar-refractivity contribution >= 4 is 23.0 Å². The van der Waals surface area contributed by atoms with E-state index in [1.54, 1.807) is 0 Å². The zero-order chi connectivity index (χ0) is 15.2. The highest BCUT2D eigenvalue weighted by molar-refractivity contribution is 6.33. The summed E-state index contributed by atoms with van der Waals surface area (Å²) in [5, 5.41) is 14.4. The van der Waals surface area contributed by atoms with Crippen LogP contribution in [-0.2, 0) is 4.74 Å². The molecule has 0 aromatic heterocycles. The summed E-state index contributed by atoms with van der Waals surface area (Å²) < 4.78 is 5.42. The van der Waals surface area contributed by atoms with Gasteiger partial charge in [0.25, 0.3) is 5.69 Å². The molecule has 0 radical (unpaired) electrons. The Hall–Kier alpha value is -1.37. The standard InChI is InChI=1S/C14H20ClN3O3/c1-11-9-12(18(19)20)10-13(15)14(11)16-3-5-17-4-2-7-21-8-6-17/h9-10,16H,2-8H2,1H3. The van der Waals surface area contributed by atoms with Gasteiger partial charge >= 0.3 is 0 Å². The van der Waals surface area contributed by atoms with E-state index >= 15 is 0 Å². The van der Waals surface area contributed by atoms with Gasteiger partial charge in [-0.2, -0.15) is 0 Å². The lowest BCUT2D eigenvalue weighted by molar-refractivity contribution is -0.384. The third-order valence-electron chi connectivity index (χ3n) is 3.53. The first-order valence-corrected chi connectivity index (χ1v) is 7.44. The Bertz CT molecular complexity index is 479. The number of hydrogen-bond donors (Lipinski definition) is 1. The largest absolute Gasteiger partial charge is 0.382 e. The van der Waals surface area contributed by atoms with Gasteiger partial charge in [-0.15, -0.1) is 0 Å². The van der Waals surface area contributed by atoms with Crippen LogP contribution < -0.4 is 5.32 Å². The first kappa shape index (κ1) is 16.0. The molecule has 1 aromatic rings. The predicted octanol–water partition coefficient (Wildman–Crippen LogP) is 2.69. The van der Waals surface area contributed by atoms with E-state index in [0.29, 0.717) is 5.02 Å². The molecule has 1 aliphatic rings. The van der Waals surface area contributed by atoms with E-state index in [4.69, 9.17) is 16.3 Å². The van der Waals surface area contributed by atoms with Crippen molar-refractivity contribution in [2.24, 2.45) is 0 Å². The van der Waals surface area contributed by atoms with E-state index in [1.807, 2.05) is 6.92 Å². The van der Waals surface area contributed by atoms with Crippen LogP contribution in [-0.4, -0.2) is 49.2 Å². The lowest BCUT2D eigenvalue weighted by atomic mass is 10.1. The minimum absolute atomic E-state index is 0.0210. The van der Waals surface area contributed by atoms with Crippen molar-refractivity contribution in [1.29, 1.82) is 0 Å². The molecule has 1 fully saturated rings. The van der Waals surface area contributed by atoms with Gasteiger partial charge in [0.2, 0.25) is 0 Å². The Morgan fingerprint density at radius 1 is 1.43 bits per heavy atom. The molecule has 1 heterocycles. The Morgan fingerprint density at radius 2 is 2.24 bits per heavy atom. The molecular formula is C14H20ClN3O3. The highest BCUT2D eigenvalue weighted by Crippen LogP contribution is 2.30. The number of nitro groups is 1. The maximum Gasteiger partial charge on any atom is 0.271 e.